The molecule has 15 heteroatoms. The van der Waals surface area contributed by atoms with Crippen LogP contribution in [0.4, 0.5) is 4.79 Å². The lowest BCUT2D eigenvalue weighted by molar-refractivity contribution is -0.197. The molecule has 4 amide bonds. The first-order valence-electron chi connectivity index (χ1n) is 12.4. The standard InChI is InChI=1S/C24H27N5O10/c1-10-18(25)21(35)17-11(9-38-23(26)36)24(37-2)22-12(8-27(24)19(17)20(10)34)28(22)13(30)4-3-5-16(33)39-29-14(31)6-7-15(29)32/h11-12,22H,3-9,25H2,1-2H3,(H2,26,36)/t11-,12+,22-,24-,28?/m1/s1. The van der Waals surface area contributed by atoms with Crippen molar-refractivity contribution in [1.82, 2.24) is 14.9 Å². The second-order valence-electron chi connectivity index (χ2n) is 9.92. The van der Waals surface area contributed by atoms with Gasteiger partial charge in [-0.3, -0.25) is 24.0 Å². The Morgan fingerprint density at radius 2 is 1.72 bits per heavy atom. The van der Waals surface area contributed by atoms with Crippen molar-refractivity contribution in [2.45, 2.75) is 56.8 Å². The molecule has 4 atom stereocenters. The van der Waals surface area contributed by atoms with Gasteiger partial charge in [-0.2, -0.15) is 0 Å². The third kappa shape index (κ3) is 3.78. The summed E-state index contributed by atoms with van der Waals surface area (Å²) in [6.45, 7) is 1.26. The third-order valence-electron chi connectivity index (χ3n) is 7.95. The van der Waals surface area contributed by atoms with Crippen LogP contribution in [0.5, 0.6) is 0 Å². The number of ether oxygens (including phenoxy) is 2. The van der Waals surface area contributed by atoms with Gasteiger partial charge in [0.2, 0.25) is 17.5 Å². The lowest BCUT2D eigenvalue weighted by Gasteiger charge is -2.41. The summed E-state index contributed by atoms with van der Waals surface area (Å²) in [7, 11) is 1.38. The minimum Gasteiger partial charge on any atom is -0.449 e. The van der Waals surface area contributed by atoms with Crippen molar-refractivity contribution in [3.05, 3.63) is 22.5 Å². The zero-order chi connectivity index (χ0) is 28.4. The highest BCUT2D eigenvalue weighted by molar-refractivity contribution is 6.25. The van der Waals surface area contributed by atoms with E-state index in [1.165, 1.54) is 14.0 Å². The fourth-order valence-corrected chi connectivity index (χ4v) is 6.14. The predicted molar refractivity (Wildman–Crippen MR) is 125 cm³/mol. The van der Waals surface area contributed by atoms with Gasteiger partial charge >= 0.3 is 12.1 Å². The van der Waals surface area contributed by atoms with Crippen LogP contribution in [0.3, 0.4) is 0 Å². The second kappa shape index (κ2) is 9.18. The van der Waals surface area contributed by atoms with Crippen LogP contribution in [0.2, 0.25) is 0 Å². The van der Waals surface area contributed by atoms with Gasteiger partial charge in [0.1, 0.15) is 12.6 Å². The summed E-state index contributed by atoms with van der Waals surface area (Å²) in [5, 5.41) is 0.449. The highest BCUT2D eigenvalue weighted by Crippen LogP contribution is 2.59. The number of carbonyl (C=O) groups is 7. The van der Waals surface area contributed by atoms with Crippen LogP contribution in [-0.2, 0) is 43.1 Å². The van der Waals surface area contributed by atoms with E-state index in [1.54, 1.807) is 9.80 Å². The van der Waals surface area contributed by atoms with Gasteiger partial charge in [0.25, 0.3) is 11.8 Å². The molecule has 4 aliphatic heterocycles. The topological polar surface area (TPSA) is 209 Å². The normalized spacial score (nSPS) is 29.2. The Morgan fingerprint density at radius 1 is 1.05 bits per heavy atom. The summed E-state index contributed by atoms with van der Waals surface area (Å²) in [5.41, 5.74) is 9.77. The molecule has 0 aromatic rings. The highest BCUT2D eigenvalue weighted by atomic mass is 16.7. The Labute approximate surface area is 221 Å². The SMILES string of the molecule is CO[C@@]12[C@H](COC(N)=O)C3=C(C(=O)C(C)=C(N)C3=O)N1C[C@H]1[C@H]2N1C(=O)CCCC(=O)ON1C(=O)CCC1=O. The van der Waals surface area contributed by atoms with E-state index in [0.717, 1.165) is 0 Å². The van der Waals surface area contributed by atoms with E-state index in [2.05, 4.69) is 0 Å². The number of hydrogen-bond acceptors (Lipinski definition) is 12. The molecule has 39 heavy (non-hydrogen) atoms. The molecule has 0 saturated carbocycles. The Balaban J connectivity index is 1.30. The number of hydrogen-bond donors (Lipinski definition) is 2. The van der Waals surface area contributed by atoms with Crippen LogP contribution in [-0.4, -0.2) is 94.3 Å². The van der Waals surface area contributed by atoms with Gasteiger partial charge in [0, 0.05) is 50.5 Å². The maximum Gasteiger partial charge on any atom is 0.404 e. The maximum absolute atomic E-state index is 13.2. The number of piperazine rings is 1. The van der Waals surface area contributed by atoms with Gasteiger partial charge in [0.05, 0.1) is 23.4 Å². The molecule has 3 fully saturated rings. The number of nitrogens with zero attached hydrogens (tertiary/aromatic N) is 3. The molecule has 0 unspecified atom stereocenters. The highest BCUT2D eigenvalue weighted by Gasteiger charge is 2.77. The summed E-state index contributed by atoms with van der Waals surface area (Å²) in [6.07, 6.45) is -1.30. The molecule has 4 heterocycles. The van der Waals surface area contributed by atoms with Crippen molar-refractivity contribution in [2.24, 2.45) is 17.4 Å². The summed E-state index contributed by atoms with van der Waals surface area (Å²) in [4.78, 5) is 94.3. The molecule has 5 rings (SSSR count). The van der Waals surface area contributed by atoms with Crippen molar-refractivity contribution >= 4 is 41.4 Å². The van der Waals surface area contributed by atoms with E-state index in [-0.39, 0.29) is 79.7 Å². The van der Waals surface area contributed by atoms with Crippen LogP contribution >= 0.6 is 0 Å². The Kier molecular flexibility index (Phi) is 6.20. The number of rotatable bonds is 8. The average molecular weight is 546 g/mol. The first-order valence-corrected chi connectivity index (χ1v) is 12.4. The number of imide groups is 1. The summed E-state index contributed by atoms with van der Waals surface area (Å²) in [5.74, 6) is -4.29. The van der Waals surface area contributed by atoms with Crippen LogP contribution in [0, 0.1) is 5.92 Å². The maximum atomic E-state index is 13.2. The third-order valence-corrected chi connectivity index (χ3v) is 7.95. The Bertz CT molecular complexity index is 1290. The number of Topliss-reactive ketones (excluding diaryl/α,β-unsaturated/α-hetero) is 2. The van der Waals surface area contributed by atoms with Crippen LogP contribution < -0.4 is 11.5 Å². The van der Waals surface area contributed by atoms with E-state index < -0.39 is 53.1 Å². The number of amides is 4. The molecular formula is C24H27N5O10. The minimum atomic E-state index is -1.38. The number of allylic oxidation sites excluding steroid dienone is 2. The zero-order valence-electron chi connectivity index (χ0n) is 21.3. The van der Waals surface area contributed by atoms with Crippen molar-refractivity contribution in [3.63, 3.8) is 0 Å². The van der Waals surface area contributed by atoms with E-state index >= 15 is 0 Å². The quantitative estimate of drug-likeness (QED) is 0.200. The van der Waals surface area contributed by atoms with Gasteiger partial charge in [-0.1, -0.05) is 0 Å². The van der Waals surface area contributed by atoms with Gasteiger partial charge in [-0.25, -0.2) is 9.59 Å². The van der Waals surface area contributed by atoms with Crippen molar-refractivity contribution < 1.29 is 47.9 Å². The van der Waals surface area contributed by atoms with Crippen molar-refractivity contribution in [2.75, 3.05) is 20.3 Å². The zero-order valence-corrected chi connectivity index (χ0v) is 21.3. The molecule has 4 N–H and O–H groups in total. The van der Waals surface area contributed by atoms with E-state index in [0.29, 0.717) is 5.06 Å². The monoisotopic (exact) mass is 545 g/mol. The number of fused-ring (bicyclic) bond motifs is 4. The fraction of sp³-hybridized carbons (Fsp3) is 0.542. The van der Waals surface area contributed by atoms with Crippen molar-refractivity contribution in [3.8, 4) is 0 Å². The fourth-order valence-electron chi connectivity index (χ4n) is 6.14. The van der Waals surface area contributed by atoms with Crippen molar-refractivity contribution in [1.29, 1.82) is 0 Å². The molecule has 0 bridgehead atoms. The number of ketones is 2. The molecule has 208 valence electrons. The number of primary amides is 1. The van der Waals surface area contributed by atoms with E-state index in [4.69, 9.17) is 25.8 Å². The largest absolute Gasteiger partial charge is 0.449 e. The van der Waals surface area contributed by atoms with E-state index in [9.17, 15) is 33.6 Å². The van der Waals surface area contributed by atoms with Crippen LogP contribution in [0.25, 0.3) is 0 Å². The number of hydroxylamine groups is 2. The molecule has 0 radical (unpaired) electrons. The van der Waals surface area contributed by atoms with Gasteiger partial charge in [0.15, 0.2) is 5.72 Å². The van der Waals surface area contributed by atoms with Gasteiger partial charge < -0.3 is 35.6 Å². The molecule has 0 spiro atoms. The smallest absolute Gasteiger partial charge is 0.404 e. The van der Waals surface area contributed by atoms with E-state index in [1.807, 2.05) is 0 Å². The van der Waals surface area contributed by atoms with Crippen LogP contribution in [0.1, 0.15) is 39.0 Å². The Hall–Kier alpha value is -4.27. The molecule has 1 aliphatic carbocycles. The molecule has 3 saturated heterocycles. The molecule has 0 aromatic heterocycles. The molecular weight excluding hydrogens is 518 g/mol. The molecule has 0 aromatic carbocycles. The minimum absolute atomic E-state index is 0.0240. The molecule has 15 nitrogen and oxygen atoms in total. The number of methoxy groups -OCH3 is 1. The predicted octanol–water partition coefficient (Wildman–Crippen LogP) is -1.63. The second-order valence-corrected chi connectivity index (χ2v) is 9.92. The first kappa shape index (κ1) is 26.3. The lowest BCUT2D eigenvalue weighted by atomic mass is 9.82. The summed E-state index contributed by atoms with van der Waals surface area (Å²) < 4.78 is 11.0. The summed E-state index contributed by atoms with van der Waals surface area (Å²) >= 11 is 0. The van der Waals surface area contributed by atoms with Crippen LogP contribution in [0.15, 0.2) is 22.5 Å². The molecule has 5 aliphatic rings. The summed E-state index contributed by atoms with van der Waals surface area (Å²) in [6, 6.07) is -0.947. The van der Waals surface area contributed by atoms with Gasteiger partial charge in [-0.15, -0.1) is 5.06 Å². The average Bonchev–Trinajstić information content (AvgIpc) is 3.24. The number of nitrogens with two attached hydrogens (primary N) is 2. The first-order chi connectivity index (χ1) is 18.4. The lowest BCUT2D eigenvalue weighted by Crippen LogP contribution is -2.56. The number of carbonyl (C=O) groups excluding carboxylic acids is 7. The van der Waals surface area contributed by atoms with Gasteiger partial charge in [-0.05, 0) is 13.3 Å². The Morgan fingerprint density at radius 3 is 2.33 bits per heavy atom.